The van der Waals surface area contributed by atoms with Gasteiger partial charge in [-0.05, 0) is 166 Å². The topological polar surface area (TPSA) is 283 Å². The van der Waals surface area contributed by atoms with Crippen molar-refractivity contribution in [1.29, 1.82) is 0 Å². The largest absolute Gasteiger partial charge is 0.444 e. The molecule has 0 radical (unpaired) electrons. The van der Waals surface area contributed by atoms with Gasteiger partial charge in [-0.3, -0.25) is 19.2 Å². The van der Waals surface area contributed by atoms with Crippen molar-refractivity contribution in [2.45, 2.75) is 208 Å². The lowest BCUT2D eigenvalue weighted by atomic mass is 9.83. The van der Waals surface area contributed by atoms with E-state index in [-0.39, 0.29) is 85.7 Å². The van der Waals surface area contributed by atoms with E-state index in [1.165, 1.54) is 9.80 Å². The van der Waals surface area contributed by atoms with Crippen molar-refractivity contribution >= 4 is 70.1 Å². The highest BCUT2D eigenvalue weighted by atomic mass is 32.1. The standard InChI is InChI=1S/2C39H54N6O6S/c2*1-23(2)34(32-18-33(42-51-32)44-19-27(20-44)16-26-12-14-43(15-13-26)38(49)50-39(5,6)7)37(48)45-21-30(46)17-31(45)36(47)41-24(3)28-8-10-29(11-9-28)35-25(4)40-22-52-35/h2*8-11,18,22-24,26-27,30-31,34,46H,12-17,19-21H2,1-7H3,(H,41,47)/t24-,30+,31-,34?;24-,30+,31-,34+/m00/s1. The van der Waals surface area contributed by atoms with Gasteiger partial charge < -0.3 is 68.8 Å². The summed E-state index contributed by atoms with van der Waals surface area (Å²) in [4.78, 5) is 102. The smallest absolute Gasteiger partial charge is 0.410 e. The van der Waals surface area contributed by atoms with Crippen LogP contribution in [0.5, 0.6) is 0 Å². The number of hydrogen-bond acceptors (Lipinski definition) is 20. The van der Waals surface area contributed by atoms with Gasteiger partial charge in [0.1, 0.15) is 35.1 Å². The van der Waals surface area contributed by atoms with Gasteiger partial charge in [0.05, 0.1) is 56.5 Å². The van der Waals surface area contributed by atoms with E-state index in [0.717, 1.165) is 134 Å². The fraction of sp³-hybridized carbons (Fsp3) is 0.615. The van der Waals surface area contributed by atoms with E-state index in [1.54, 1.807) is 22.7 Å². The van der Waals surface area contributed by atoms with Crippen molar-refractivity contribution < 1.29 is 57.5 Å². The minimum atomic E-state index is -0.794. The number of benzene rings is 2. The molecule has 26 heteroatoms. The van der Waals surface area contributed by atoms with Crippen LogP contribution in [-0.4, -0.2) is 187 Å². The summed E-state index contributed by atoms with van der Waals surface area (Å²) in [6.45, 7) is 33.5. The van der Waals surface area contributed by atoms with Crippen LogP contribution in [0.25, 0.3) is 20.9 Å². The average molecular weight is 1470 g/mol. The van der Waals surface area contributed by atoms with E-state index in [1.807, 2.05) is 178 Å². The van der Waals surface area contributed by atoms with E-state index in [0.29, 0.717) is 46.8 Å². The minimum Gasteiger partial charge on any atom is -0.444 e. The monoisotopic (exact) mass is 1470 g/mol. The molecular weight excluding hydrogens is 1360 g/mol. The van der Waals surface area contributed by atoms with Gasteiger partial charge in [-0.15, -0.1) is 22.7 Å². The van der Waals surface area contributed by atoms with Crippen molar-refractivity contribution in [2.75, 3.05) is 75.2 Å². The van der Waals surface area contributed by atoms with Gasteiger partial charge >= 0.3 is 12.2 Å². The molecule has 564 valence electrons. The molecule has 6 aliphatic heterocycles. The molecule has 0 aliphatic carbocycles. The number of piperidine rings is 2. The first kappa shape index (κ1) is 77.2. The first-order valence-corrected chi connectivity index (χ1v) is 39.1. The number of β-amino-alcohol motifs (C(OH)–C–C–N with tert-alkyl or cyclic N) is 2. The molecule has 6 amide bonds. The number of aliphatic hydroxyl groups is 2. The fourth-order valence-corrected chi connectivity index (χ4v) is 17.1. The predicted molar refractivity (Wildman–Crippen MR) is 400 cm³/mol. The molecule has 10 heterocycles. The van der Waals surface area contributed by atoms with Gasteiger partial charge in [0.15, 0.2) is 23.2 Å². The maximum atomic E-state index is 14.1. The van der Waals surface area contributed by atoms with Crippen LogP contribution in [0, 0.1) is 49.4 Å². The Balaban J connectivity index is 0.000000208. The summed E-state index contributed by atoms with van der Waals surface area (Å²) in [7, 11) is 0. The molecule has 6 aliphatic rings. The summed E-state index contributed by atoms with van der Waals surface area (Å²) in [5.74, 6) is 1.99. The quantitative estimate of drug-likeness (QED) is 0.0552. The Morgan fingerprint density at radius 2 is 0.875 bits per heavy atom. The van der Waals surface area contributed by atoms with Crippen LogP contribution in [0.15, 0.2) is 80.7 Å². The number of aromatic nitrogens is 4. The normalized spacial score (nSPS) is 21.3. The SMILES string of the molecule is Cc1ncsc1-c1ccc([C@H](C)NC(=O)[C@@H]2C[C@@H](O)CN2C(=O)C(c2cc(N3CC(CC4CCN(C(=O)OC(C)(C)C)CC4)C3)no2)C(C)C)cc1.Cc1ncsc1-c1ccc([C@H](C)NC(=O)[C@@H]2C[C@@H](O)CN2C(=O)[C@@H](c2cc(N3CC(CC4CCN(C(=O)OC(C)(C)C)CC4)C3)no2)C(C)C)cc1. The second-order valence-corrected chi connectivity index (χ2v) is 34.2. The van der Waals surface area contributed by atoms with E-state index >= 15 is 0 Å². The first-order chi connectivity index (χ1) is 49.3. The number of ether oxygens (including phenoxy) is 2. The van der Waals surface area contributed by atoms with Crippen molar-refractivity contribution in [3.05, 3.63) is 106 Å². The summed E-state index contributed by atoms with van der Waals surface area (Å²) in [5, 5.41) is 36.2. The van der Waals surface area contributed by atoms with E-state index in [4.69, 9.17) is 18.5 Å². The molecular formula is C78H108N12O12S2. The highest BCUT2D eigenvalue weighted by Gasteiger charge is 2.47. The zero-order valence-corrected chi connectivity index (χ0v) is 64.6. The summed E-state index contributed by atoms with van der Waals surface area (Å²) in [5.41, 5.74) is 8.72. The van der Waals surface area contributed by atoms with Crippen molar-refractivity contribution in [3.63, 3.8) is 0 Å². The number of carbonyl (C=O) groups is 6. The highest BCUT2D eigenvalue weighted by Crippen LogP contribution is 2.40. The van der Waals surface area contributed by atoms with Crippen LogP contribution in [0.2, 0.25) is 0 Å². The maximum Gasteiger partial charge on any atom is 0.410 e. The molecule has 4 N–H and O–H groups in total. The van der Waals surface area contributed by atoms with Crippen LogP contribution < -0.4 is 20.4 Å². The van der Waals surface area contributed by atoms with Crippen LogP contribution in [0.1, 0.15) is 192 Å². The molecule has 0 spiro atoms. The molecule has 1 unspecified atom stereocenters. The van der Waals surface area contributed by atoms with Gasteiger partial charge in [-0.25, -0.2) is 19.6 Å². The third kappa shape index (κ3) is 18.8. The third-order valence-electron chi connectivity index (χ3n) is 21.2. The fourth-order valence-electron chi connectivity index (χ4n) is 15.5. The van der Waals surface area contributed by atoms with Crippen LogP contribution >= 0.6 is 22.7 Å². The lowest BCUT2D eigenvalue weighted by Crippen LogP contribution is -2.49. The summed E-state index contributed by atoms with van der Waals surface area (Å²) >= 11 is 3.19. The van der Waals surface area contributed by atoms with Crippen LogP contribution in [0.3, 0.4) is 0 Å². The Kier molecular flexibility index (Phi) is 24.4. The Labute approximate surface area is 619 Å². The van der Waals surface area contributed by atoms with Gasteiger partial charge in [0.2, 0.25) is 23.6 Å². The van der Waals surface area contributed by atoms with Gasteiger partial charge in [-0.1, -0.05) is 86.5 Å². The zero-order chi connectivity index (χ0) is 74.6. The Morgan fingerprint density at radius 1 is 0.529 bits per heavy atom. The zero-order valence-electron chi connectivity index (χ0n) is 63.0. The van der Waals surface area contributed by atoms with Crippen LogP contribution in [-0.2, 0) is 28.7 Å². The number of hydrogen-bond donors (Lipinski definition) is 4. The summed E-state index contributed by atoms with van der Waals surface area (Å²) in [6, 6.07) is 17.7. The lowest BCUT2D eigenvalue weighted by Gasteiger charge is -2.42. The van der Waals surface area contributed by atoms with Crippen molar-refractivity contribution in [2.24, 2.45) is 35.5 Å². The number of nitrogens with one attached hydrogen (secondary N) is 2. The lowest BCUT2D eigenvalue weighted by molar-refractivity contribution is -0.141. The molecule has 6 aromatic rings. The van der Waals surface area contributed by atoms with E-state index in [2.05, 4.69) is 40.7 Å². The molecule has 12 rings (SSSR count). The highest BCUT2D eigenvalue weighted by molar-refractivity contribution is 7.13. The second kappa shape index (κ2) is 32.8. The molecule has 2 aromatic carbocycles. The number of carbonyl (C=O) groups excluding carboxylic acids is 6. The van der Waals surface area contributed by atoms with Gasteiger partial charge in [0, 0.05) is 90.4 Å². The second-order valence-electron chi connectivity index (χ2n) is 32.5. The summed E-state index contributed by atoms with van der Waals surface area (Å²) < 4.78 is 22.7. The number of aliphatic hydroxyl groups excluding tert-OH is 2. The summed E-state index contributed by atoms with van der Waals surface area (Å²) in [6.07, 6.45) is 4.43. The molecule has 4 aromatic heterocycles. The Bertz CT molecular complexity index is 3650. The first-order valence-electron chi connectivity index (χ1n) is 37.3. The van der Waals surface area contributed by atoms with Gasteiger partial charge in [0.25, 0.3) is 0 Å². The number of likely N-dealkylation sites (tertiary alicyclic amines) is 4. The molecule has 0 saturated carbocycles. The molecule has 104 heavy (non-hydrogen) atoms. The number of thiazole rings is 2. The van der Waals surface area contributed by atoms with Crippen molar-refractivity contribution in [3.8, 4) is 20.9 Å². The van der Waals surface area contributed by atoms with Crippen LogP contribution in [0.4, 0.5) is 21.2 Å². The van der Waals surface area contributed by atoms with E-state index in [9.17, 15) is 39.0 Å². The van der Waals surface area contributed by atoms with Gasteiger partial charge in [-0.2, -0.15) is 0 Å². The number of nitrogens with zero attached hydrogens (tertiary/aromatic N) is 10. The molecule has 24 nitrogen and oxygen atoms in total. The number of anilines is 2. The number of aryl methyl sites for hydroxylation is 2. The molecule has 6 saturated heterocycles. The maximum absolute atomic E-state index is 14.1. The molecule has 6 fully saturated rings. The number of rotatable bonds is 20. The molecule has 8 atom stereocenters. The average Bonchev–Trinajstić information content (AvgIpc) is 1.63. The Morgan fingerprint density at radius 3 is 1.18 bits per heavy atom. The minimum absolute atomic E-state index is 0.0862. The molecule has 0 bridgehead atoms. The predicted octanol–water partition coefficient (Wildman–Crippen LogP) is 12.3. The van der Waals surface area contributed by atoms with E-state index < -0.39 is 47.3 Å². The third-order valence-corrected chi connectivity index (χ3v) is 23.2. The Hall–Kier alpha value is -7.94. The van der Waals surface area contributed by atoms with Crippen molar-refractivity contribution in [1.82, 2.24) is 50.5 Å². The number of amides is 6.